The van der Waals surface area contributed by atoms with Gasteiger partial charge in [0.15, 0.2) is 0 Å². The van der Waals surface area contributed by atoms with Crippen molar-refractivity contribution < 1.29 is 14.6 Å². The molecule has 25 heavy (non-hydrogen) atoms. The molecule has 0 bridgehead atoms. The van der Waals surface area contributed by atoms with Crippen LogP contribution < -0.4 is 10.1 Å². The lowest BCUT2D eigenvalue weighted by atomic mass is 10.1. The molecule has 2 rings (SSSR count). The van der Waals surface area contributed by atoms with E-state index in [-0.39, 0.29) is 12.6 Å². The quantitative estimate of drug-likeness (QED) is 0.812. The summed E-state index contributed by atoms with van der Waals surface area (Å²) < 4.78 is 5.12. The zero-order valence-corrected chi connectivity index (χ0v) is 15.0. The first-order chi connectivity index (χ1) is 12.0. The SMILES string of the molecule is CCN(CC(O)c1ccc(C)cc1)C(=O)NCc1ccc(OC)cc1. The predicted molar refractivity (Wildman–Crippen MR) is 98.6 cm³/mol. The summed E-state index contributed by atoms with van der Waals surface area (Å²) in [6, 6.07) is 15.1. The van der Waals surface area contributed by atoms with Crippen LogP contribution in [0.1, 0.15) is 29.7 Å². The molecule has 0 aliphatic rings. The molecular weight excluding hydrogens is 316 g/mol. The summed E-state index contributed by atoms with van der Waals surface area (Å²) in [6.45, 7) is 5.11. The van der Waals surface area contributed by atoms with E-state index in [1.54, 1.807) is 12.0 Å². The minimum absolute atomic E-state index is 0.190. The van der Waals surface area contributed by atoms with Crippen molar-refractivity contribution in [3.8, 4) is 5.75 Å². The van der Waals surface area contributed by atoms with Crippen molar-refractivity contribution in [2.75, 3.05) is 20.2 Å². The number of rotatable bonds is 7. The van der Waals surface area contributed by atoms with E-state index in [0.717, 1.165) is 22.4 Å². The van der Waals surface area contributed by atoms with Crippen LogP contribution in [0.3, 0.4) is 0 Å². The number of amides is 2. The highest BCUT2D eigenvalue weighted by Gasteiger charge is 2.17. The van der Waals surface area contributed by atoms with Gasteiger partial charge in [-0.05, 0) is 37.1 Å². The molecular formula is C20H26N2O3. The largest absolute Gasteiger partial charge is 0.497 e. The first kappa shape index (κ1) is 18.8. The Morgan fingerprint density at radius 1 is 1.16 bits per heavy atom. The minimum atomic E-state index is -0.702. The fourth-order valence-corrected chi connectivity index (χ4v) is 2.49. The Hall–Kier alpha value is -2.53. The maximum atomic E-state index is 12.4. The second kappa shape index (κ2) is 9.08. The molecule has 5 heteroatoms. The molecule has 0 aliphatic heterocycles. The van der Waals surface area contributed by atoms with Crippen molar-refractivity contribution in [1.82, 2.24) is 10.2 Å². The van der Waals surface area contributed by atoms with Gasteiger partial charge in [0.1, 0.15) is 5.75 Å². The zero-order chi connectivity index (χ0) is 18.2. The number of methoxy groups -OCH3 is 1. The Morgan fingerprint density at radius 2 is 1.80 bits per heavy atom. The Bertz CT molecular complexity index is 668. The van der Waals surface area contributed by atoms with Crippen molar-refractivity contribution in [1.29, 1.82) is 0 Å². The number of nitrogens with one attached hydrogen (secondary N) is 1. The molecule has 0 aromatic heterocycles. The molecule has 0 aliphatic carbocycles. The molecule has 2 amide bonds. The third-order valence-electron chi connectivity index (χ3n) is 4.13. The van der Waals surface area contributed by atoms with E-state index in [1.807, 2.05) is 62.4 Å². The van der Waals surface area contributed by atoms with Gasteiger partial charge in [-0.15, -0.1) is 0 Å². The first-order valence-corrected chi connectivity index (χ1v) is 8.43. The van der Waals surface area contributed by atoms with Crippen LogP contribution in [-0.4, -0.2) is 36.2 Å². The average Bonchev–Trinajstić information content (AvgIpc) is 2.64. The van der Waals surface area contributed by atoms with E-state index in [2.05, 4.69) is 5.32 Å². The molecule has 1 atom stereocenters. The Kier molecular flexibility index (Phi) is 6.83. The molecule has 0 heterocycles. The fourth-order valence-electron chi connectivity index (χ4n) is 2.49. The van der Waals surface area contributed by atoms with Gasteiger partial charge in [-0.3, -0.25) is 0 Å². The van der Waals surface area contributed by atoms with Crippen molar-refractivity contribution >= 4 is 6.03 Å². The maximum absolute atomic E-state index is 12.4. The summed E-state index contributed by atoms with van der Waals surface area (Å²) in [5.74, 6) is 0.784. The lowest BCUT2D eigenvalue weighted by Gasteiger charge is -2.24. The van der Waals surface area contributed by atoms with Gasteiger partial charge in [0.05, 0.1) is 19.8 Å². The number of nitrogens with zero attached hydrogens (tertiary/aromatic N) is 1. The molecule has 0 fully saturated rings. The second-order valence-corrected chi connectivity index (χ2v) is 5.97. The highest BCUT2D eigenvalue weighted by Crippen LogP contribution is 2.15. The van der Waals surface area contributed by atoms with Crippen LogP contribution in [0.5, 0.6) is 5.75 Å². The van der Waals surface area contributed by atoms with Gasteiger partial charge in [-0.2, -0.15) is 0 Å². The molecule has 0 radical (unpaired) electrons. The van der Waals surface area contributed by atoms with Gasteiger partial charge in [-0.1, -0.05) is 42.0 Å². The van der Waals surface area contributed by atoms with Crippen LogP contribution in [0, 0.1) is 6.92 Å². The monoisotopic (exact) mass is 342 g/mol. The average molecular weight is 342 g/mol. The van der Waals surface area contributed by atoms with Crippen molar-refractivity contribution in [3.05, 3.63) is 65.2 Å². The normalized spacial score (nSPS) is 11.7. The van der Waals surface area contributed by atoms with Crippen molar-refractivity contribution in [2.24, 2.45) is 0 Å². The van der Waals surface area contributed by atoms with Crippen molar-refractivity contribution in [2.45, 2.75) is 26.5 Å². The number of likely N-dealkylation sites (N-methyl/N-ethyl adjacent to an activating group) is 1. The molecule has 0 saturated heterocycles. The van der Waals surface area contributed by atoms with Gasteiger partial charge < -0.3 is 20.1 Å². The fraction of sp³-hybridized carbons (Fsp3) is 0.350. The van der Waals surface area contributed by atoms with Crippen LogP contribution in [-0.2, 0) is 6.54 Å². The topological polar surface area (TPSA) is 61.8 Å². The number of hydrogen-bond donors (Lipinski definition) is 2. The maximum Gasteiger partial charge on any atom is 0.317 e. The molecule has 0 spiro atoms. The summed E-state index contributed by atoms with van der Waals surface area (Å²) >= 11 is 0. The number of aryl methyl sites for hydroxylation is 1. The molecule has 2 aromatic carbocycles. The standard InChI is InChI=1S/C20H26N2O3/c1-4-22(14-19(23)17-9-5-15(2)6-10-17)20(24)21-13-16-7-11-18(25-3)12-8-16/h5-12,19,23H,4,13-14H2,1-3H3,(H,21,24). The summed E-state index contributed by atoms with van der Waals surface area (Å²) in [4.78, 5) is 14.0. The van der Waals surface area contributed by atoms with Crippen LogP contribution in [0.2, 0.25) is 0 Å². The van der Waals surface area contributed by atoms with Gasteiger partial charge in [-0.25, -0.2) is 4.79 Å². The lowest BCUT2D eigenvalue weighted by molar-refractivity contribution is 0.123. The number of hydrogen-bond acceptors (Lipinski definition) is 3. The third-order valence-corrected chi connectivity index (χ3v) is 4.13. The number of aliphatic hydroxyl groups is 1. The molecule has 1 unspecified atom stereocenters. The molecule has 5 nitrogen and oxygen atoms in total. The third kappa shape index (κ3) is 5.50. The number of aliphatic hydroxyl groups excluding tert-OH is 1. The Morgan fingerprint density at radius 3 is 2.36 bits per heavy atom. The van der Waals surface area contributed by atoms with Gasteiger partial charge in [0, 0.05) is 13.1 Å². The summed E-state index contributed by atoms with van der Waals surface area (Å²) in [5.41, 5.74) is 2.94. The van der Waals surface area contributed by atoms with Gasteiger partial charge >= 0.3 is 6.03 Å². The predicted octanol–water partition coefficient (Wildman–Crippen LogP) is 3.27. The van der Waals surface area contributed by atoms with E-state index in [9.17, 15) is 9.90 Å². The highest BCUT2D eigenvalue weighted by molar-refractivity contribution is 5.74. The summed E-state index contributed by atoms with van der Waals surface area (Å²) in [5, 5.41) is 13.3. The van der Waals surface area contributed by atoms with E-state index in [0.29, 0.717) is 13.1 Å². The zero-order valence-electron chi connectivity index (χ0n) is 15.0. The highest BCUT2D eigenvalue weighted by atomic mass is 16.5. The Labute approximate surface area is 149 Å². The van der Waals surface area contributed by atoms with Crippen LogP contribution in [0.4, 0.5) is 4.79 Å². The summed E-state index contributed by atoms with van der Waals surface area (Å²) in [6.07, 6.45) is -0.702. The number of carbonyl (C=O) groups excluding carboxylic acids is 1. The summed E-state index contributed by atoms with van der Waals surface area (Å²) in [7, 11) is 1.62. The first-order valence-electron chi connectivity index (χ1n) is 8.43. The van der Waals surface area contributed by atoms with E-state index >= 15 is 0 Å². The van der Waals surface area contributed by atoms with Crippen LogP contribution >= 0.6 is 0 Å². The molecule has 2 aromatic rings. The molecule has 0 saturated carbocycles. The van der Waals surface area contributed by atoms with Gasteiger partial charge in [0.2, 0.25) is 0 Å². The van der Waals surface area contributed by atoms with E-state index in [4.69, 9.17) is 4.74 Å². The Balaban J connectivity index is 1.89. The number of ether oxygens (including phenoxy) is 1. The van der Waals surface area contributed by atoms with E-state index < -0.39 is 6.10 Å². The van der Waals surface area contributed by atoms with Gasteiger partial charge in [0.25, 0.3) is 0 Å². The minimum Gasteiger partial charge on any atom is -0.497 e. The van der Waals surface area contributed by atoms with Crippen LogP contribution in [0.25, 0.3) is 0 Å². The number of urea groups is 1. The number of carbonyl (C=O) groups is 1. The van der Waals surface area contributed by atoms with Crippen LogP contribution in [0.15, 0.2) is 48.5 Å². The number of benzene rings is 2. The molecule has 134 valence electrons. The lowest BCUT2D eigenvalue weighted by Crippen LogP contribution is -2.41. The van der Waals surface area contributed by atoms with Crippen molar-refractivity contribution in [3.63, 3.8) is 0 Å². The molecule has 2 N–H and O–H groups in total. The van der Waals surface area contributed by atoms with E-state index in [1.165, 1.54) is 0 Å². The second-order valence-electron chi connectivity index (χ2n) is 5.97. The smallest absolute Gasteiger partial charge is 0.317 e.